The summed E-state index contributed by atoms with van der Waals surface area (Å²) in [6.07, 6.45) is 0.494. The van der Waals surface area contributed by atoms with Gasteiger partial charge in [-0.05, 0) is 36.8 Å². The van der Waals surface area contributed by atoms with Crippen molar-refractivity contribution in [2.24, 2.45) is 0 Å². The number of amides is 2. The molecular formula is C25H24N2O3. The number of hydrogen-bond acceptors (Lipinski definition) is 3. The maximum absolute atomic E-state index is 13.3. The number of anilines is 1. The molecule has 2 amide bonds. The third-order valence-electron chi connectivity index (χ3n) is 5.24. The van der Waals surface area contributed by atoms with E-state index in [0.29, 0.717) is 25.1 Å². The van der Waals surface area contributed by atoms with Gasteiger partial charge in [0.05, 0.1) is 6.61 Å². The van der Waals surface area contributed by atoms with Gasteiger partial charge in [-0.2, -0.15) is 0 Å². The molecule has 1 aliphatic rings. The number of nitrogens with zero attached hydrogens (tertiary/aromatic N) is 1. The molecule has 1 heterocycles. The van der Waals surface area contributed by atoms with E-state index in [1.807, 2.05) is 73.7 Å². The van der Waals surface area contributed by atoms with E-state index in [2.05, 4.69) is 5.32 Å². The first-order valence-corrected chi connectivity index (χ1v) is 10.1. The molecule has 0 saturated carbocycles. The summed E-state index contributed by atoms with van der Waals surface area (Å²) in [4.78, 5) is 28.0. The van der Waals surface area contributed by atoms with Crippen LogP contribution in [0.15, 0.2) is 78.9 Å². The lowest BCUT2D eigenvalue weighted by Gasteiger charge is -2.25. The van der Waals surface area contributed by atoms with E-state index in [9.17, 15) is 9.59 Å². The monoisotopic (exact) mass is 400 g/mol. The van der Waals surface area contributed by atoms with Gasteiger partial charge < -0.3 is 10.1 Å². The molecule has 3 aromatic carbocycles. The van der Waals surface area contributed by atoms with Crippen molar-refractivity contribution in [3.63, 3.8) is 0 Å². The molecule has 152 valence electrons. The minimum atomic E-state index is -0.589. The number of fused-ring (bicyclic) bond motifs is 1. The predicted molar refractivity (Wildman–Crippen MR) is 117 cm³/mol. The lowest BCUT2D eigenvalue weighted by atomic mass is 10.1. The van der Waals surface area contributed by atoms with Gasteiger partial charge in [0.2, 0.25) is 5.91 Å². The van der Waals surface area contributed by atoms with Crippen LogP contribution in [0.5, 0.6) is 5.75 Å². The Kier molecular flexibility index (Phi) is 5.80. The summed E-state index contributed by atoms with van der Waals surface area (Å²) in [6, 6.07) is 23.8. The molecule has 0 radical (unpaired) electrons. The molecule has 0 spiro atoms. The van der Waals surface area contributed by atoms with E-state index in [-0.39, 0.29) is 11.8 Å². The molecule has 1 unspecified atom stereocenters. The third kappa shape index (κ3) is 3.92. The summed E-state index contributed by atoms with van der Waals surface area (Å²) in [5.74, 6) is 0.407. The largest absolute Gasteiger partial charge is 0.494 e. The van der Waals surface area contributed by atoms with Gasteiger partial charge in [-0.3, -0.25) is 14.5 Å². The van der Waals surface area contributed by atoms with E-state index in [1.54, 1.807) is 17.0 Å². The van der Waals surface area contributed by atoms with Gasteiger partial charge in [0, 0.05) is 29.8 Å². The Bertz CT molecular complexity index is 1050. The highest BCUT2D eigenvalue weighted by atomic mass is 16.5. The van der Waals surface area contributed by atoms with Crippen LogP contribution in [0.25, 0.3) is 0 Å². The van der Waals surface area contributed by atoms with Crippen molar-refractivity contribution < 1.29 is 14.3 Å². The Morgan fingerprint density at radius 1 is 0.967 bits per heavy atom. The fourth-order valence-corrected chi connectivity index (χ4v) is 3.81. The zero-order valence-corrected chi connectivity index (χ0v) is 16.9. The number of nitrogens with one attached hydrogen (secondary N) is 1. The van der Waals surface area contributed by atoms with E-state index in [0.717, 1.165) is 22.6 Å². The standard InChI is InChI=1S/C25H24N2O3/c1-2-30-23-15-9-7-13-20(23)17-26-24(28)22-16-19-12-6-8-14-21(19)27(22)25(29)18-10-4-3-5-11-18/h3-15,22H,2,16-17H2,1H3,(H,26,28). The van der Waals surface area contributed by atoms with Crippen molar-refractivity contribution in [1.82, 2.24) is 5.32 Å². The van der Waals surface area contributed by atoms with E-state index in [4.69, 9.17) is 4.74 Å². The first kappa shape index (κ1) is 19.7. The molecule has 5 nitrogen and oxygen atoms in total. The van der Waals surface area contributed by atoms with Crippen molar-refractivity contribution >= 4 is 17.5 Å². The summed E-state index contributed by atoms with van der Waals surface area (Å²) >= 11 is 0. The van der Waals surface area contributed by atoms with Gasteiger partial charge in [-0.15, -0.1) is 0 Å². The first-order chi connectivity index (χ1) is 14.7. The van der Waals surface area contributed by atoms with Crippen LogP contribution in [-0.2, 0) is 17.8 Å². The van der Waals surface area contributed by atoms with Gasteiger partial charge >= 0.3 is 0 Å². The highest BCUT2D eigenvalue weighted by Gasteiger charge is 2.38. The number of benzene rings is 3. The van der Waals surface area contributed by atoms with Crippen LogP contribution in [0.2, 0.25) is 0 Å². The van der Waals surface area contributed by atoms with Crippen LogP contribution in [0, 0.1) is 0 Å². The van der Waals surface area contributed by atoms with Crippen LogP contribution in [-0.4, -0.2) is 24.5 Å². The normalized spacial score (nSPS) is 14.8. The second-order valence-electron chi connectivity index (χ2n) is 7.15. The first-order valence-electron chi connectivity index (χ1n) is 10.1. The van der Waals surface area contributed by atoms with E-state index >= 15 is 0 Å². The van der Waals surface area contributed by atoms with E-state index in [1.165, 1.54) is 0 Å². The molecule has 0 aliphatic carbocycles. The summed E-state index contributed by atoms with van der Waals surface area (Å²) < 4.78 is 5.65. The maximum atomic E-state index is 13.3. The fourth-order valence-electron chi connectivity index (χ4n) is 3.81. The number of ether oxygens (including phenoxy) is 1. The average Bonchev–Trinajstić information content (AvgIpc) is 3.18. The maximum Gasteiger partial charge on any atom is 0.259 e. The summed E-state index contributed by atoms with van der Waals surface area (Å²) in [7, 11) is 0. The second-order valence-corrected chi connectivity index (χ2v) is 7.15. The SMILES string of the molecule is CCOc1ccccc1CNC(=O)C1Cc2ccccc2N1C(=O)c1ccccc1. The molecule has 0 bridgehead atoms. The number of rotatable bonds is 6. The van der Waals surface area contributed by atoms with Crippen molar-refractivity contribution in [3.8, 4) is 5.75 Å². The minimum Gasteiger partial charge on any atom is -0.494 e. The lowest BCUT2D eigenvalue weighted by molar-refractivity contribution is -0.122. The number of para-hydroxylation sites is 2. The van der Waals surface area contributed by atoms with Crippen molar-refractivity contribution in [3.05, 3.63) is 95.6 Å². The summed E-state index contributed by atoms with van der Waals surface area (Å²) in [6.45, 7) is 2.83. The highest BCUT2D eigenvalue weighted by molar-refractivity contribution is 6.11. The van der Waals surface area contributed by atoms with Gasteiger partial charge in [-0.1, -0.05) is 54.6 Å². The van der Waals surface area contributed by atoms with Gasteiger partial charge in [0.1, 0.15) is 11.8 Å². The van der Waals surface area contributed by atoms with Crippen LogP contribution in [0.1, 0.15) is 28.4 Å². The van der Waals surface area contributed by atoms with Crippen LogP contribution < -0.4 is 15.0 Å². The van der Waals surface area contributed by atoms with Gasteiger partial charge in [0.15, 0.2) is 0 Å². The molecule has 3 aromatic rings. The molecular weight excluding hydrogens is 376 g/mol. The van der Waals surface area contributed by atoms with Crippen LogP contribution in [0.4, 0.5) is 5.69 Å². The molecule has 0 aromatic heterocycles. The molecule has 1 N–H and O–H groups in total. The zero-order valence-electron chi connectivity index (χ0n) is 16.9. The second kappa shape index (κ2) is 8.82. The molecule has 0 saturated heterocycles. The quantitative estimate of drug-likeness (QED) is 0.681. The molecule has 4 rings (SSSR count). The van der Waals surface area contributed by atoms with E-state index < -0.39 is 6.04 Å². The molecule has 1 atom stereocenters. The average molecular weight is 400 g/mol. The number of carbonyl (C=O) groups excluding carboxylic acids is 2. The third-order valence-corrected chi connectivity index (χ3v) is 5.24. The van der Waals surface area contributed by atoms with Crippen LogP contribution in [0.3, 0.4) is 0 Å². The molecule has 30 heavy (non-hydrogen) atoms. The van der Waals surface area contributed by atoms with Crippen molar-refractivity contribution in [2.45, 2.75) is 25.9 Å². The Morgan fingerprint density at radius 3 is 2.47 bits per heavy atom. The number of carbonyl (C=O) groups is 2. The lowest BCUT2D eigenvalue weighted by Crippen LogP contribution is -2.48. The van der Waals surface area contributed by atoms with Crippen molar-refractivity contribution in [2.75, 3.05) is 11.5 Å². The van der Waals surface area contributed by atoms with Gasteiger partial charge in [0.25, 0.3) is 5.91 Å². The van der Waals surface area contributed by atoms with Crippen LogP contribution >= 0.6 is 0 Å². The fraction of sp³-hybridized carbons (Fsp3) is 0.200. The molecule has 0 fully saturated rings. The predicted octanol–water partition coefficient (Wildman–Crippen LogP) is 3.97. The van der Waals surface area contributed by atoms with Crippen molar-refractivity contribution in [1.29, 1.82) is 0 Å². The Labute approximate surface area is 176 Å². The Morgan fingerprint density at radius 2 is 1.67 bits per heavy atom. The van der Waals surface area contributed by atoms with Gasteiger partial charge in [-0.25, -0.2) is 0 Å². The zero-order chi connectivity index (χ0) is 20.9. The smallest absolute Gasteiger partial charge is 0.259 e. The topological polar surface area (TPSA) is 58.6 Å². The Balaban J connectivity index is 1.56. The molecule has 5 heteroatoms. The summed E-state index contributed by atoms with van der Waals surface area (Å²) in [5, 5.41) is 3.00. The summed E-state index contributed by atoms with van der Waals surface area (Å²) in [5.41, 5.74) is 3.26. The molecule has 1 aliphatic heterocycles. The minimum absolute atomic E-state index is 0.171. The Hall–Kier alpha value is -3.60. The number of hydrogen-bond donors (Lipinski definition) is 1. The highest BCUT2D eigenvalue weighted by Crippen LogP contribution is 2.33.